The second-order valence-electron chi connectivity index (χ2n) is 7.73. The van der Waals surface area contributed by atoms with Crippen LogP contribution in [-0.2, 0) is 4.79 Å². The summed E-state index contributed by atoms with van der Waals surface area (Å²) in [5, 5.41) is 0.713. The fourth-order valence-electron chi connectivity index (χ4n) is 4.08. The van der Waals surface area contributed by atoms with Crippen molar-refractivity contribution in [2.75, 3.05) is 25.1 Å². The lowest BCUT2D eigenvalue weighted by molar-refractivity contribution is -0.118. The second kappa shape index (κ2) is 8.34. The van der Waals surface area contributed by atoms with Gasteiger partial charge >= 0.3 is 0 Å². The predicted molar refractivity (Wildman–Crippen MR) is 121 cm³/mol. The maximum absolute atomic E-state index is 14.6. The number of nitrogens with zero attached hydrogens (tertiary/aromatic N) is 4. The van der Waals surface area contributed by atoms with E-state index in [1.165, 1.54) is 6.07 Å². The number of aromatic nitrogens is 3. The van der Waals surface area contributed by atoms with Crippen molar-refractivity contribution in [2.45, 2.75) is 12.8 Å². The number of ketones is 1. The van der Waals surface area contributed by atoms with E-state index in [2.05, 4.69) is 4.98 Å². The first-order valence-corrected chi connectivity index (χ1v) is 10.5. The lowest BCUT2D eigenvalue weighted by Gasteiger charge is -2.28. The summed E-state index contributed by atoms with van der Waals surface area (Å²) in [6.45, 7) is 0.988. The number of carbonyl (C=O) groups excluding carboxylic acids is 1. The molecule has 0 unspecified atom stereocenters. The van der Waals surface area contributed by atoms with E-state index in [0.717, 1.165) is 12.0 Å². The van der Waals surface area contributed by atoms with Crippen molar-refractivity contribution in [2.24, 2.45) is 0 Å². The summed E-state index contributed by atoms with van der Waals surface area (Å²) < 4.78 is 20.2. The van der Waals surface area contributed by atoms with Gasteiger partial charge in [0, 0.05) is 41.9 Å². The van der Waals surface area contributed by atoms with Crippen LogP contribution in [0.3, 0.4) is 0 Å². The average molecular weight is 428 g/mol. The van der Waals surface area contributed by atoms with Crippen LogP contribution in [-0.4, -0.2) is 40.9 Å². The molecular formula is C25H21FN4O2. The number of Topliss-reactive ketones (excluding diaryl/α,β-unsaturated/α-hetero) is 1. The molecule has 1 saturated heterocycles. The summed E-state index contributed by atoms with van der Waals surface area (Å²) in [6.07, 6.45) is 4.72. The molecule has 0 spiro atoms. The third kappa shape index (κ3) is 3.66. The molecule has 0 amide bonds. The lowest BCUT2D eigenvalue weighted by Crippen LogP contribution is -2.36. The van der Waals surface area contributed by atoms with Crippen LogP contribution in [0.15, 0.2) is 60.9 Å². The smallest absolute Gasteiger partial charge is 0.163 e. The van der Waals surface area contributed by atoms with E-state index in [1.54, 1.807) is 43.8 Å². The minimum atomic E-state index is -0.323. The summed E-state index contributed by atoms with van der Waals surface area (Å²) in [7, 11) is 1.57. The highest BCUT2D eigenvalue weighted by molar-refractivity contribution is 5.99. The number of pyridine rings is 1. The number of anilines is 1. The SMILES string of the molecule is COc1cc(-c2ccccc2F)cc2c(N3CCCC(=O)C3)nc(-c3cccnc3)nc12. The van der Waals surface area contributed by atoms with Crippen LogP contribution in [0.2, 0.25) is 0 Å². The Morgan fingerprint density at radius 1 is 1.06 bits per heavy atom. The maximum Gasteiger partial charge on any atom is 0.163 e. The Balaban J connectivity index is 1.79. The van der Waals surface area contributed by atoms with Gasteiger partial charge in [0.1, 0.15) is 22.9 Å². The lowest BCUT2D eigenvalue weighted by atomic mass is 10.0. The first-order valence-electron chi connectivity index (χ1n) is 10.5. The number of piperidine rings is 1. The van der Waals surface area contributed by atoms with Crippen molar-refractivity contribution in [1.82, 2.24) is 15.0 Å². The number of fused-ring (bicyclic) bond motifs is 1. The fourth-order valence-corrected chi connectivity index (χ4v) is 4.08. The van der Waals surface area contributed by atoms with Crippen molar-refractivity contribution in [1.29, 1.82) is 0 Å². The molecule has 1 fully saturated rings. The molecule has 1 aliphatic rings. The van der Waals surface area contributed by atoms with Crippen LogP contribution in [0.5, 0.6) is 5.75 Å². The molecule has 5 rings (SSSR count). The maximum atomic E-state index is 14.6. The number of ether oxygens (including phenoxy) is 1. The fraction of sp³-hybridized carbons (Fsp3) is 0.200. The Hall–Kier alpha value is -3.87. The molecule has 0 atom stereocenters. The standard InChI is InChI=1S/C25H21FN4O2/c1-32-22-13-17(19-8-2-3-9-21(19)26)12-20-23(22)28-24(16-6-4-10-27-14-16)29-25(20)30-11-5-7-18(31)15-30/h2-4,6,8-10,12-14H,5,7,11,15H2,1H3. The molecule has 0 N–H and O–H groups in total. The summed E-state index contributed by atoms with van der Waals surface area (Å²) in [5.41, 5.74) is 2.49. The molecule has 6 nitrogen and oxygen atoms in total. The van der Waals surface area contributed by atoms with Gasteiger partial charge in [-0.15, -0.1) is 0 Å². The van der Waals surface area contributed by atoms with E-state index in [-0.39, 0.29) is 18.1 Å². The summed E-state index contributed by atoms with van der Waals surface area (Å²) in [6, 6.07) is 14.0. The molecular weight excluding hydrogens is 407 g/mol. The summed E-state index contributed by atoms with van der Waals surface area (Å²) >= 11 is 0. The van der Waals surface area contributed by atoms with Gasteiger partial charge in [-0.25, -0.2) is 14.4 Å². The zero-order valence-electron chi connectivity index (χ0n) is 17.6. The van der Waals surface area contributed by atoms with Gasteiger partial charge in [-0.05, 0) is 42.3 Å². The van der Waals surface area contributed by atoms with E-state index in [0.29, 0.717) is 52.4 Å². The molecule has 0 saturated carbocycles. The number of hydrogen-bond acceptors (Lipinski definition) is 6. The largest absolute Gasteiger partial charge is 0.494 e. The van der Waals surface area contributed by atoms with Gasteiger partial charge in [0.2, 0.25) is 0 Å². The third-order valence-corrected chi connectivity index (χ3v) is 5.62. The van der Waals surface area contributed by atoms with Crippen molar-refractivity contribution in [3.8, 4) is 28.3 Å². The van der Waals surface area contributed by atoms with Gasteiger partial charge in [0.15, 0.2) is 11.6 Å². The monoisotopic (exact) mass is 428 g/mol. The first-order chi connectivity index (χ1) is 15.6. The van der Waals surface area contributed by atoms with Crippen molar-refractivity contribution < 1.29 is 13.9 Å². The Morgan fingerprint density at radius 2 is 1.94 bits per heavy atom. The highest BCUT2D eigenvalue weighted by Crippen LogP contribution is 2.38. The molecule has 0 bridgehead atoms. The van der Waals surface area contributed by atoms with Crippen LogP contribution >= 0.6 is 0 Å². The van der Waals surface area contributed by atoms with Crippen LogP contribution in [0.25, 0.3) is 33.4 Å². The molecule has 4 aromatic rings. The van der Waals surface area contributed by atoms with Crippen molar-refractivity contribution in [3.05, 3.63) is 66.7 Å². The van der Waals surface area contributed by atoms with Crippen molar-refractivity contribution >= 4 is 22.5 Å². The molecule has 1 aliphatic heterocycles. The Kier molecular flexibility index (Phi) is 5.23. The zero-order valence-corrected chi connectivity index (χ0v) is 17.6. The number of halogens is 1. The first kappa shape index (κ1) is 20.1. The van der Waals surface area contributed by atoms with Crippen LogP contribution in [0, 0.1) is 5.82 Å². The van der Waals surface area contributed by atoms with Gasteiger partial charge < -0.3 is 9.64 Å². The van der Waals surface area contributed by atoms with Gasteiger partial charge in [-0.1, -0.05) is 18.2 Å². The van der Waals surface area contributed by atoms with E-state index >= 15 is 0 Å². The second-order valence-corrected chi connectivity index (χ2v) is 7.73. The zero-order chi connectivity index (χ0) is 22.1. The predicted octanol–water partition coefficient (Wildman–Crippen LogP) is 4.68. The average Bonchev–Trinajstić information content (AvgIpc) is 2.83. The van der Waals surface area contributed by atoms with Gasteiger partial charge in [-0.3, -0.25) is 9.78 Å². The molecule has 0 radical (unpaired) electrons. The van der Waals surface area contributed by atoms with E-state index in [4.69, 9.17) is 14.7 Å². The van der Waals surface area contributed by atoms with Gasteiger partial charge in [0.05, 0.1) is 13.7 Å². The third-order valence-electron chi connectivity index (χ3n) is 5.62. The van der Waals surface area contributed by atoms with Gasteiger partial charge in [-0.2, -0.15) is 0 Å². The molecule has 32 heavy (non-hydrogen) atoms. The summed E-state index contributed by atoms with van der Waals surface area (Å²) in [5.74, 6) is 1.49. The van der Waals surface area contributed by atoms with E-state index in [9.17, 15) is 9.18 Å². The Morgan fingerprint density at radius 3 is 2.69 bits per heavy atom. The Labute approximate surface area is 184 Å². The van der Waals surface area contributed by atoms with Crippen LogP contribution in [0.1, 0.15) is 12.8 Å². The molecule has 7 heteroatoms. The number of benzene rings is 2. The Bertz CT molecular complexity index is 1310. The minimum absolute atomic E-state index is 0.170. The van der Waals surface area contributed by atoms with Crippen molar-refractivity contribution in [3.63, 3.8) is 0 Å². The van der Waals surface area contributed by atoms with E-state index < -0.39 is 0 Å². The number of hydrogen-bond donors (Lipinski definition) is 0. The molecule has 0 aliphatic carbocycles. The summed E-state index contributed by atoms with van der Waals surface area (Å²) in [4.78, 5) is 28.0. The molecule has 160 valence electrons. The van der Waals surface area contributed by atoms with Gasteiger partial charge in [0.25, 0.3) is 0 Å². The quantitative estimate of drug-likeness (QED) is 0.470. The molecule has 2 aromatic heterocycles. The topological polar surface area (TPSA) is 68.2 Å². The highest BCUT2D eigenvalue weighted by Gasteiger charge is 2.24. The number of rotatable bonds is 4. The number of methoxy groups -OCH3 is 1. The number of carbonyl (C=O) groups is 1. The van der Waals surface area contributed by atoms with Crippen LogP contribution in [0.4, 0.5) is 10.2 Å². The molecule has 2 aromatic carbocycles. The minimum Gasteiger partial charge on any atom is -0.494 e. The highest BCUT2D eigenvalue weighted by atomic mass is 19.1. The molecule has 3 heterocycles. The van der Waals surface area contributed by atoms with E-state index in [1.807, 2.05) is 23.1 Å². The van der Waals surface area contributed by atoms with Crippen LogP contribution < -0.4 is 9.64 Å². The normalized spacial score (nSPS) is 14.1.